The molecule has 88 valence electrons. The highest BCUT2D eigenvalue weighted by molar-refractivity contribution is 5.28. The van der Waals surface area contributed by atoms with Gasteiger partial charge in [0.15, 0.2) is 0 Å². The smallest absolute Gasteiger partial charge is 0.0665 e. The molecule has 0 amide bonds. The van der Waals surface area contributed by atoms with E-state index >= 15 is 0 Å². The molecule has 0 saturated heterocycles. The standard InChI is InChI=1S/C14H21NO/c1-11-6-3-4-9-13(11)14(15-2)10-16-12-7-5-8-12/h3-4,6,9,12,14-15H,5,7-8,10H2,1-2H3. The highest BCUT2D eigenvalue weighted by atomic mass is 16.5. The van der Waals surface area contributed by atoms with E-state index in [1.807, 2.05) is 7.05 Å². The molecule has 1 saturated carbocycles. The molecule has 1 N–H and O–H groups in total. The SMILES string of the molecule is CNC(COC1CCC1)c1ccccc1C. The van der Waals surface area contributed by atoms with Gasteiger partial charge in [0.1, 0.15) is 0 Å². The van der Waals surface area contributed by atoms with E-state index in [0.717, 1.165) is 6.61 Å². The Morgan fingerprint density at radius 3 is 2.69 bits per heavy atom. The van der Waals surface area contributed by atoms with Crippen molar-refractivity contribution in [2.24, 2.45) is 0 Å². The van der Waals surface area contributed by atoms with Gasteiger partial charge in [-0.05, 0) is 44.4 Å². The molecule has 1 unspecified atom stereocenters. The van der Waals surface area contributed by atoms with Gasteiger partial charge in [-0.15, -0.1) is 0 Å². The van der Waals surface area contributed by atoms with Crippen LogP contribution in [0.2, 0.25) is 0 Å². The first kappa shape index (κ1) is 11.6. The van der Waals surface area contributed by atoms with Gasteiger partial charge in [0.05, 0.1) is 18.8 Å². The summed E-state index contributed by atoms with van der Waals surface area (Å²) in [7, 11) is 2.00. The average molecular weight is 219 g/mol. The van der Waals surface area contributed by atoms with Gasteiger partial charge >= 0.3 is 0 Å². The third kappa shape index (κ3) is 2.63. The normalized spacial score (nSPS) is 18.1. The first-order valence-electron chi connectivity index (χ1n) is 6.15. The molecule has 2 heteroatoms. The lowest BCUT2D eigenvalue weighted by atomic mass is 9.96. The molecule has 1 aromatic carbocycles. The summed E-state index contributed by atoms with van der Waals surface area (Å²) in [5.74, 6) is 0. The maximum Gasteiger partial charge on any atom is 0.0665 e. The summed E-state index contributed by atoms with van der Waals surface area (Å²) < 4.78 is 5.88. The fraction of sp³-hybridized carbons (Fsp3) is 0.571. The van der Waals surface area contributed by atoms with Gasteiger partial charge in [-0.1, -0.05) is 24.3 Å². The molecular formula is C14H21NO. The highest BCUT2D eigenvalue weighted by Gasteiger charge is 2.20. The number of aryl methyl sites for hydroxylation is 1. The Morgan fingerprint density at radius 1 is 1.38 bits per heavy atom. The number of rotatable bonds is 5. The average Bonchev–Trinajstić information content (AvgIpc) is 2.23. The number of benzene rings is 1. The van der Waals surface area contributed by atoms with Crippen LogP contribution in [0.5, 0.6) is 0 Å². The summed E-state index contributed by atoms with van der Waals surface area (Å²) in [6.07, 6.45) is 4.33. The Labute approximate surface area is 98.0 Å². The van der Waals surface area contributed by atoms with Gasteiger partial charge in [0.25, 0.3) is 0 Å². The largest absolute Gasteiger partial charge is 0.376 e. The van der Waals surface area contributed by atoms with Crippen LogP contribution in [-0.2, 0) is 4.74 Å². The topological polar surface area (TPSA) is 21.3 Å². The summed E-state index contributed by atoms with van der Waals surface area (Å²) >= 11 is 0. The van der Waals surface area contributed by atoms with Crippen molar-refractivity contribution in [1.29, 1.82) is 0 Å². The number of likely N-dealkylation sites (N-methyl/N-ethyl adjacent to an activating group) is 1. The van der Waals surface area contributed by atoms with Gasteiger partial charge in [-0.2, -0.15) is 0 Å². The van der Waals surface area contributed by atoms with Crippen molar-refractivity contribution in [2.45, 2.75) is 38.3 Å². The van der Waals surface area contributed by atoms with Crippen molar-refractivity contribution in [3.05, 3.63) is 35.4 Å². The van der Waals surface area contributed by atoms with Crippen LogP contribution in [0.4, 0.5) is 0 Å². The van der Waals surface area contributed by atoms with Crippen LogP contribution in [0.25, 0.3) is 0 Å². The predicted molar refractivity (Wildman–Crippen MR) is 66.6 cm³/mol. The molecule has 16 heavy (non-hydrogen) atoms. The molecule has 0 aliphatic heterocycles. The molecule has 1 aliphatic carbocycles. The van der Waals surface area contributed by atoms with E-state index in [9.17, 15) is 0 Å². The Kier molecular flexibility index (Phi) is 3.97. The molecule has 0 spiro atoms. The molecule has 2 nitrogen and oxygen atoms in total. The zero-order chi connectivity index (χ0) is 11.4. The minimum absolute atomic E-state index is 0.321. The van der Waals surface area contributed by atoms with E-state index in [4.69, 9.17) is 4.74 Å². The van der Waals surface area contributed by atoms with Gasteiger partial charge in [-0.3, -0.25) is 0 Å². The minimum Gasteiger partial charge on any atom is -0.376 e. The summed E-state index contributed by atoms with van der Waals surface area (Å²) in [5, 5.41) is 3.34. The Hall–Kier alpha value is -0.860. The summed E-state index contributed by atoms with van der Waals surface area (Å²) in [5.41, 5.74) is 2.68. The first-order valence-corrected chi connectivity index (χ1v) is 6.15. The van der Waals surface area contributed by atoms with E-state index in [0.29, 0.717) is 12.1 Å². The molecule has 0 heterocycles. The van der Waals surface area contributed by atoms with Crippen molar-refractivity contribution in [2.75, 3.05) is 13.7 Å². The quantitative estimate of drug-likeness (QED) is 0.822. The lowest BCUT2D eigenvalue weighted by Crippen LogP contribution is -2.28. The highest BCUT2D eigenvalue weighted by Crippen LogP contribution is 2.24. The number of nitrogens with one attached hydrogen (secondary N) is 1. The summed E-state index contributed by atoms with van der Waals surface area (Å²) in [6.45, 7) is 2.94. The van der Waals surface area contributed by atoms with Gasteiger partial charge in [0.2, 0.25) is 0 Å². The van der Waals surface area contributed by atoms with Crippen LogP contribution in [0.1, 0.15) is 36.4 Å². The van der Waals surface area contributed by atoms with Gasteiger partial charge in [0, 0.05) is 0 Å². The van der Waals surface area contributed by atoms with Crippen molar-refractivity contribution < 1.29 is 4.74 Å². The second-order valence-electron chi connectivity index (χ2n) is 4.58. The fourth-order valence-corrected chi connectivity index (χ4v) is 2.08. The monoisotopic (exact) mass is 219 g/mol. The lowest BCUT2D eigenvalue weighted by molar-refractivity contribution is -0.00800. The molecule has 2 rings (SSSR count). The maximum atomic E-state index is 5.88. The molecule has 0 radical (unpaired) electrons. The zero-order valence-corrected chi connectivity index (χ0v) is 10.2. The predicted octanol–water partition coefficient (Wildman–Crippen LogP) is 2.82. The van der Waals surface area contributed by atoms with Crippen molar-refractivity contribution in [1.82, 2.24) is 5.32 Å². The second kappa shape index (κ2) is 5.46. The fourth-order valence-electron chi connectivity index (χ4n) is 2.08. The first-order chi connectivity index (χ1) is 7.81. The van der Waals surface area contributed by atoms with Crippen LogP contribution in [0, 0.1) is 6.92 Å². The van der Waals surface area contributed by atoms with Crippen molar-refractivity contribution >= 4 is 0 Å². The van der Waals surface area contributed by atoms with Crippen LogP contribution in [0.15, 0.2) is 24.3 Å². The molecule has 0 aromatic heterocycles. The van der Waals surface area contributed by atoms with Gasteiger partial charge < -0.3 is 10.1 Å². The Morgan fingerprint density at radius 2 is 2.12 bits per heavy atom. The molecule has 1 atom stereocenters. The third-order valence-electron chi connectivity index (χ3n) is 3.46. The van der Waals surface area contributed by atoms with E-state index in [2.05, 4.69) is 36.5 Å². The van der Waals surface area contributed by atoms with Crippen molar-refractivity contribution in [3.8, 4) is 0 Å². The number of hydrogen-bond acceptors (Lipinski definition) is 2. The molecule has 1 aliphatic rings. The van der Waals surface area contributed by atoms with Crippen LogP contribution >= 0.6 is 0 Å². The van der Waals surface area contributed by atoms with Crippen LogP contribution in [-0.4, -0.2) is 19.8 Å². The van der Waals surface area contributed by atoms with E-state index < -0.39 is 0 Å². The van der Waals surface area contributed by atoms with E-state index in [-0.39, 0.29) is 0 Å². The lowest BCUT2D eigenvalue weighted by Gasteiger charge is -2.28. The van der Waals surface area contributed by atoms with Crippen molar-refractivity contribution in [3.63, 3.8) is 0 Å². The zero-order valence-electron chi connectivity index (χ0n) is 10.2. The summed E-state index contributed by atoms with van der Waals surface area (Å²) in [4.78, 5) is 0. The van der Waals surface area contributed by atoms with E-state index in [1.54, 1.807) is 0 Å². The third-order valence-corrected chi connectivity index (χ3v) is 3.46. The van der Waals surface area contributed by atoms with Crippen LogP contribution < -0.4 is 5.32 Å². The second-order valence-corrected chi connectivity index (χ2v) is 4.58. The molecule has 1 aromatic rings. The van der Waals surface area contributed by atoms with Crippen LogP contribution in [0.3, 0.4) is 0 Å². The summed E-state index contributed by atoms with van der Waals surface area (Å²) in [6, 6.07) is 8.83. The van der Waals surface area contributed by atoms with Gasteiger partial charge in [-0.25, -0.2) is 0 Å². The molecular weight excluding hydrogens is 198 g/mol. The molecule has 0 bridgehead atoms. The molecule has 1 fully saturated rings. The number of ether oxygens (including phenoxy) is 1. The maximum absolute atomic E-state index is 5.88. The Balaban J connectivity index is 1.95. The van der Waals surface area contributed by atoms with E-state index in [1.165, 1.54) is 30.4 Å². The minimum atomic E-state index is 0.321. The Bertz CT molecular complexity index is 333. The number of hydrogen-bond donors (Lipinski definition) is 1.